The largest absolute Gasteiger partial charge is 0.455 e. The fourth-order valence-corrected chi connectivity index (χ4v) is 6.63. The lowest BCUT2D eigenvalue weighted by atomic mass is 10.2. The van der Waals surface area contributed by atoms with Crippen LogP contribution >= 0.6 is 10.7 Å². The third kappa shape index (κ3) is 5.78. The Hall–Kier alpha value is -4.40. The summed E-state index contributed by atoms with van der Waals surface area (Å²) in [5, 5.41) is 15.1. The van der Waals surface area contributed by atoms with Crippen molar-refractivity contribution in [2.45, 2.75) is 25.8 Å². The molecular formula is C32H31N5O2S. The Kier molecular flexibility index (Phi) is 7.61. The van der Waals surface area contributed by atoms with Gasteiger partial charge in [0.15, 0.2) is 11.6 Å². The van der Waals surface area contributed by atoms with Crippen molar-refractivity contribution in [3.05, 3.63) is 126 Å². The smallest absolute Gasteiger partial charge is 0.158 e. The summed E-state index contributed by atoms with van der Waals surface area (Å²) in [5.41, 5.74) is 6.20. The predicted molar refractivity (Wildman–Crippen MR) is 164 cm³/mol. The summed E-state index contributed by atoms with van der Waals surface area (Å²) < 4.78 is 10.8. The van der Waals surface area contributed by atoms with Crippen LogP contribution in [0.15, 0.2) is 109 Å². The van der Waals surface area contributed by atoms with E-state index in [0.717, 1.165) is 46.1 Å². The topological polar surface area (TPSA) is 75.4 Å². The molecule has 1 aliphatic heterocycles. The van der Waals surface area contributed by atoms with E-state index in [1.807, 2.05) is 35.9 Å². The first-order chi connectivity index (χ1) is 19.7. The number of aliphatic hydroxyl groups is 1. The highest BCUT2D eigenvalue weighted by Crippen LogP contribution is 2.35. The van der Waals surface area contributed by atoms with Crippen LogP contribution in [0.1, 0.15) is 16.7 Å². The number of hydrogen-bond acceptors (Lipinski definition) is 6. The van der Waals surface area contributed by atoms with E-state index in [-0.39, 0.29) is 17.3 Å². The highest BCUT2D eigenvalue weighted by atomic mass is 32.2. The van der Waals surface area contributed by atoms with Gasteiger partial charge in [-0.05, 0) is 47.9 Å². The number of benzene rings is 3. The van der Waals surface area contributed by atoms with Crippen LogP contribution in [0.4, 0.5) is 11.5 Å². The van der Waals surface area contributed by atoms with Gasteiger partial charge in [0.05, 0.1) is 24.9 Å². The Morgan fingerprint density at radius 3 is 2.45 bits per heavy atom. The van der Waals surface area contributed by atoms with Crippen LogP contribution in [0.2, 0.25) is 0 Å². The standard InChI is InChI=1S/C32H31N5O2S/c1-24-18-27(35-32-31-29(33-23-34-32)14-15-36(31)16-17-38)12-13-30(24)39-28-20-37(19-25-8-4-2-5-9-25)40(22-28)21-26-10-6-3-7-11-26/h2-15,18,20,22-23,38H,16-17,19,21H2,1H3,(H,33,34,35). The normalized spacial score (nSPS) is 14.7. The lowest BCUT2D eigenvalue weighted by molar-refractivity contribution is 0.278. The Morgan fingerprint density at radius 2 is 1.70 bits per heavy atom. The lowest BCUT2D eigenvalue weighted by Gasteiger charge is -2.21. The minimum absolute atomic E-state index is 0.0473. The molecule has 3 heterocycles. The van der Waals surface area contributed by atoms with E-state index in [2.05, 4.69) is 97.9 Å². The van der Waals surface area contributed by atoms with Gasteiger partial charge in [0, 0.05) is 29.5 Å². The van der Waals surface area contributed by atoms with E-state index in [4.69, 9.17) is 4.74 Å². The van der Waals surface area contributed by atoms with E-state index < -0.39 is 0 Å². The molecule has 1 atom stereocenters. The highest BCUT2D eigenvalue weighted by molar-refractivity contribution is 8.12. The summed E-state index contributed by atoms with van der Waals surface area (Å²) in [7, 11) is -0.127. The number of ether oxygens (including phenoxy) is 1. The Balaban J connectivity index is 1.22. The molecule has 2 N–H and O–H groups in total. The van der Waals surface area contributed by atoms with Crippen LogP contribution in [0, 0.1) is 6.92 Å². The minimum Gasteiger partial charge on any atom is -0.455 e. The number of allylic oxidation sites excluding steroid dienone is 1. The molecule has 2 aromatic heterocycles. The van der Waals surface area contributed by atoms with Gasteiger partial charge < -0.3 is 24.0 Å². The van der Waals surface area contributed by atoms with Gasteiger partial charge >= 0.3 is 0 Å². The first-order valence-electron chi connectivity index (χ1n) is 13.2. The van der Waals surface area contributed by atoms with Gasteiger partial charge in [0.25, 0.3) is 0 Å². The second-order valence-electron chi connectivity index (χ2n) is 9.64. The van der Waals surface area contributed by atoms with E-state index >= 15 is 0 Å². The fourth-order valence-electron chi connectivity index (χ4n) is 4.78. The summed E-state index contributed by atoms with van der Waals surface area (Å²) in [5.74, 6) is 3.31. The zero-order chi connectivity index (χ0) is 27.3. The molecule has 0 fully saturated rings. The first-order valence-corrected chi connectivity index (χ1v) is 14.6. The van der Waals surface area contributed by atoms with E-state index in [1.165, 1.54) is 11.1 Å². The van der Waals surface area contributed by atoms with Crippen LogP contribution in [0.25, 0.3) is 11.0 Å². The van der Waals surface area contributed by atoms with Gasteiger partial charge in [-0.3, -0.25) is 0 Å². The van der Waals surface area contributed by atoms with Crippen molar-refractivity contribution in [1.29, 1.82) is 0 Å². The molecular weight excluding hydrogens is 518 g/mol. The summed E-state index contributed by atoms with van der Waals surface area (Å²) in [6.07, 6.45) is 5.60. The molecule has 202 valence electrons. The molecule has 5 aromatic rings. The predicted octanol–water partition coefficient (Wildman–Crippen LogP) is 6.40. The maximum absolute atomic E-state index is 9.44. The summed E-state index contributed by atoms with van der Waals surface area (Å²) in [6.45, 7) is 3.40. The van der Waals surface area contributed by atoms with E-state index in [9.17, 15) is 5.11 Å². The number of nitrogens with one attached hydrogen (secondary N) is 1. The second kappa shape index (κ2) is 11.8. The summed E-state index contributed by atoms with van der Waals surface area (Å²) in [6, 6.07) is 29.1. The third-order valence-electron chi connectivity index (χ3n) is 6.72. The fraction of sp³-hybridized carbons (Fsp3) is 0.156. The average Bonchev–Trinajstić information content (AvgIpc) is 3.55. The van der Waals surface area contributed by atoms with Crippen molar-refractivity contribution in [2.75, 3.05) is 11.9 Å². The molecule has 3 aromatic carbocycles. The van der Waals surface area contributed by atoms with Crippen molar-refractivity contribution in [1.82, 2.24) is 18.8 Å². The average molecular weight is 550 g/mol. The number of aliphatic hydroxyl groups excluding tert-OH is 1. The van der Waals surface area contributed by atoms with Gasteiger partial charge in [0.1, 0.15) is 17.6 Å². The maximum atomic E-state index is 9.44. The first kappa shape index (κ1) is 25.9. The zero-order valence-corrected chi connectivity index (χ0v) is 23.1. The number of hydrogen-bond donors (Lipinski definition) is 2. The quantitative estimate of drug-likeness (QED) is 0.197. The Labute approximate surface area is 236 Å². The molecule has 0 saturated heterocycles. The Bertz CT molecular complexity index is 1680. The molecule has 0 radical (unpaired) electrons. The van der Waals surface area contributed by atoms with Gasteiger partial charge in [0.2, 0.25) is 0 Å². The van der Waals surface area contributed by atoms with Crippen LogP contribution < -0.4 is 10.1 Å². The molecule has 0 spiro atoms. The summed E-state index contributed by atoms with van der Waals surface area (Å²) in [4.78, 5) is 8.82. The number of aryl methyl sites for hydroxylation is 1. The van der Waals surface area contributed by atoms with Crippen LogP contribution in [-0.4, -0.2) is 35.9 Å². The van der Waals surface area contributed by atoms with Crippen molar-refractivity contribution in [3.63, 3.8) is 0 Å². The van der Waals surface area contributed by atoms with E-state index in [0.29, 0.717) is 12.4 Å². The Morgan fingerprint density at radius 1 is 0.925 bits per heavy atom. The third-order valence-corrected chi connectivity index (χ3v) is 8.69. The van der Waals surface area contributed by atoms with Gasteiger partial charge in [-0.15, -0.1) is 0 Å². The van der Waals surface area contributed by atoms with Crippen molar-refractivity contribution < 1.29 is 9.84 Å². The molecule has 0 aliphatic carbocycles. The molecule has 6 rings (SSSR count). The number of fused-ring (bicyclic) bond motifs is 1. The lowest BCUT2D eigenvalue weighted by Crippen LogP contribution is -2.09. The highest BCUT2D eigenvalue weighted by Gasteiger charge is 2.18. The van der Waals surface area contributed by atoms with Crippen LogP contribution in [0.5, 0.6) is 5.75 Å². The van der Waals surface area contributed by atoms with Crippen LogP contribution in [-0.2, 0) is 18.8 Å². The monoisotopic (exact) mass is 549 g/mol. The molecule has 7 nitrogen and oxygen atoms in total. The zero-order valence-electron chi connectivity index (χ0n) is 22.3. The molecule has 1 unspecified atom stereocenters. The van der Waals surface area contributed by atoms with Gasteiger partial charge in [-0.2, -0.15) is 0 Å². The maximum Gasteiger partial charge on any atom is 0.158 e. The molecule has 8 heteroatoms. The molecule has 40 heavy (non-hydrogen) atoms. The number of anilines is 2. The summed E-state index contributed by atoms with van der Waals surface area (Å²) >= 11 is 0. The van der Waals surface area contributed by atoms with E-state index in [1.54, 1.807) is 6.33 Å². The SMILES string of the molecule is Cc1cc(Nc2ncnc3ccn(CCO)c23)ccc1OC1=CN(Cc2ccccc2)S(Cc2ccccc2)=C1. The molecule has 1 aliphatic rings. The number of rotatable bonds is 10. The number of nitrogens with zero attached hydrogens (tertiary/aromatic N) is 4. The second-order valence-corrected chi connectivity index (χ2v) is 11.4. The molecule has 0 amide bonds. The van der Waals surface area contributed by atoms with Gasteiger partial charge in [-0.25, -0.2) is 9.97 Å². The molecule has 0 bridgehead atoms. The van der Waals surface area contributed by atoms with Gasteiger partial charge in [-0.1, -0.05) is 71.3 Å². The van der Waals surface area contributed by atoms with Crippen LogP contribution in [0.3, 0.4) is 0 Å². The van der Waals surface area contributed by atoms with Crippen molar-refractivity contribution in [2.24, 2.45) is 0 Å². The van der Waals surface area contributed by atoms with Crippen molar-refractivity contribution in [3.8, 4) is 5.75 Å². The molecule has 0 saturated carbocycles. The minimum atomic E-state index is -0.127. The number of aromatic nitrogens is 3. The van der Waals surface area contributed by atoms with Crippen molar-refractivity contribution >= 4 is 38.6 Å².